The molecule has 2 bridgehead atoms. The molecule has 40 heavy (non-hydrogen) atoms. The number of hydrogen-bond donors (Lipinski definition) is 4. The maximum absolute atomic E-state index is 13.7. The molecule has 5 rings (SSSR count). The largest absolute Gasteiger partial charge is 0.387 e. The summed E-state index contributed by atoms with van der Waals surface area (Å²) in [6, 6.07) is 4.53. The van der Waals surface area contributed by atoms with Gasteiger partial charge in [-0.1, -0.05) is 11.6 Å². The third-order valence-corrected chi connectivity index (χ3v) is 11.1. The Labute approximate surface area is 234 Å². The highest BCUT2D eigenvalue weighted by Crippen LogP contribution is 2.52. The second-order valence-electron chi connectivity index (χ2n) is 10.8. The van der Waals surface area contributed by atoms with Crippen molar-refractivity contribution in [2.45, 2.75) is 60.3 Å². The van der Waals surface area contributed by atoms with Gasteiger partial charge in [0, 0.05) is 29.9 Å². The summed E-state index contributed by atoms with van der Waals surface area (Å²) in [6.45, 7) is 0.814. The average Bonchev–Trinajstić information content (AvgIpc) is 3.48. The van der Waals surface area contributed by atoms with E-state index in [0.29, 0.717) is 25.0 Å². The molecule has 1 aliphatic heterocycles. The number of benzene rings is 2. The van der Waals surface area contributed by atoms with Crippen LogP contribution in [0.1, 0.15) is 48.9 Å². The standard InChI is InChI=1S/C27H29ClF3N3O5S/c28-19-6-3-14(25(35)34-17-11-20(29)24(31)21(30)12-17)8-23(19)40(38,39)18-9-15-4-5-16(10-18)27(15,37)13-33-26(36)22-2-1-7-32-22/h3,6,8,11-12,15-16,18,22,32,37H,1-2,4-5,7,9-10,13H2,(H,33,36)(H,34,35)/t15-,16?,18?,22-,27?/m0/s1. The number of halogens is 4. The van der Waals surface area contributed by atoms with Crippen LogP contribution in [0.4, 0.5) is 18.9 Å². The monoisotopic (exact) mass is 599 g/mol. The first-order valence-corrected chi connectivity index (χ1v) is 15.1. The molecule has 216 valence electrons. The lowest BCUT2D eigenvalue weighted by atomic mass is 9.74. The van der Waals surface area contributed by atoms with E-state index in [-0.39, 0.29) is 64.3 Å². The first-order chi connectivity index (χ1) is 18.9. The lowest BCUT2D eigenvalue weighted by Gasteiger charge is -2.42. The molecule has 0 aromatic heterocycles. The van der Waals surface area contributed by atoms with Gasteiger partial charge in [-0.3, -0.25) is 9.59 Å². The van der Waals surface area contributed by atoms with Crippen molar-refractivity contribution in [3.63, 3.8) is 0 Å². The van der Waals surface area contributed by atoms with Gasteiger partial charge in [0.2, 0.25) is 5.91 Å². The molecule has 5 atom stereocenters. The van der Waals surface area contributed by atoms with E-state index >= 15 is 0 Å². The van der Waals surface area contributed by atoms with Crippen LogP contribution in [-0.4, -0.2) is 55.3 Å². The molecule has 1 heterocycles. The number of nitrogens with one attached hydrogen (secondary N) is 3. The summed E-state index contributed by atoms with van der Waals surface area (Å²) in [5, 5.41) is 18.7. The number of amides is 2. The van der Waals surface area contributed by atoms with Crippen LogP contribution in [0.25, 0.3) is 0 Å². The Kier molecular flexibility index (Phi) is 7.90. The van der Waals surface area contributed by atoms with E-state index in [0.717, 1.165) is 25.5 Å². The van der Waals surface area contributed by atoms with Crippen LogP contribution < -0.4 is 16.0 Å². The molecular formula is C27H29ClF3N3O5S. The van der Waals surface area contributed by atoms with Gasteiger partial charge >= 0.3 is 0 Å². The predicted octanol–water partition coefficient (Wildman–Crippen LogP) is 3.57. The fourth-order valence-corrected chi connectivity index (χ4v) is 8.69. The van der Waals surface area contributed by atoms with E-state index in [1.54, 1.807) is 0 Å². The van der Waals surface area contributed by atoms with Gasteiger partial charge in [-0.25, -0.2) is 21.6 Å². The van der Waals surface area contributed by atoms with Crippen LogP contribution in [0.3, 0.4) is 0 Å². The molecule has 2 saturated carbocycles. The minimum Gasteiger partial charge on any atom is -0.387 e. The Hall–Kier alpha value is -2.67. The molecule has 2 aromatic rings. The number of carbonyl (C=O) groups is 2. The van der Waals surface area contributed by atoms with Gasteiger partial charge < -0.3 is 21.1 Å². The first-order valence-electron chi connectivity index (χ1n) is 13.1. The molecule has 0 radical (unpaired) electrons. The number of rotatable bonds is 7. The van der Waals surface area contributed by atoms with Crippen LogP contribution in [0.2, 0.25) is 5.02 Å². The highest BCUT2D eigenvalue weighted by molar-refractivity contribution is 7.92. The van der Waals surface area contributed by atoms with Crippen LogP contribution >= 0.6 is 11.6 Å². The van der Waals surface area contributed by atoms with Crippen molar-refractivity contribution < 1.29 is 36.3 Å². The van der Waals surface area contributed by atoms with Crippen molar-refractivity contribution in [1.82, 2.24) is 10.6 Å². The molecule has 0 spiro atoms. The first kappa shape index (κ1) is 28.8. The number of fused-ring (bicyclic) bond motifs is 2. The van der Waals surface area contributed by atoms with E-state index in [2.05, 4.69) is 16.0 Å². The van der Waals surface area contributed by atoms with Gasteiger partial charge in [-0.2, -0.15) is 0 Å². The summed E-state index contributed by atoms with van der Waals surface area (Å²) in [5.41, 5.74) is -1.70. The highest BCUT2D eigenvalue weighted by atomic mass is 35.5. The molecule has 3 aliphatic rings. The minimum atomic E-state index is -4.05. The molecule has 4 N–H and O–H groups in total. The van der Waals surface area contributed by atoms with Crippen molar-refractivity contribution >= 4 is 38.9 Å². The Bertz CT molecular complexity index is 1410. The maximum Gasteiger partial charge on any atom is 0.255 e. The van der Waals surface area contributed by atoms with Crippen molar-refractivity contribution in [3.05, 3.63) is 58.4 Å². The van der Waals surface area contributed by atoms with Gasteiger partial charge in [-0.15, -0.1) is 0 Å². The van der Waals surface area contributed by atoms with Gasteiger partial charge in [-0.05, 0) is 75.1 Å². The lowest BCUT2D eigenvalue weighted by molar-refractivity contribution is -0.126. The molecule has 3 fully saturated rings. The molecule has 2 aliphatic carbocycles. The second-order valence-corrected chi connectivity index (χ2v) is 13.4. The van der Waals surface area contributed by atoms with Crippen LogP contribution in [0.15, 0.2) is 35.2 Å². The number of hydrogen-bond acceptors (Lipinski definition) is 6. The zero-order valence-electron chi connectivity index (χ0n) is 21.4. The van der Waals surface area contributed by atoms with Crippen molar-refractivity contribution in [1.29, 1.82) is 0 Å². The predicted molar refractivity (Wildman–Crippen MR) is 141 cm³/mol. The van der Waals surface area contributed by atoms with Crippen molar-refractivity contribution in [2.75, 3.05) is 18.4 Å². The fraction of sp³-hybridized carbons (Fsp3) is 0.481. The fourth-order valence-electron chi connectivity index (χ4n) is 6.29. The zero-order valence-corrected chi connectivity index (χ0v) is 22.9. The molecule has 3 unspecified atom stereocenters. The number of sulfone groups is 1. The Balaban J connectivity index is 1.31. The summed E-state index contributed by atoms with van der Waals surface area (Å²) in [7, 11) is -4.05. The molecule has 2 aromatic carbocycles. The topological polar surface area (TPSA) is 125 Å². The molecule has 2 amide bonds. The third-order valence-electron chi connectivity index (χ3n) is 8.48. The Morgan fingerprint density at radius 1 is 1.05 bits per heavy atom. The smallest absolute Gasteiger partial charge is 0.255 e. The van der Waals surface area contributed by atoms with E-state index in [4.69, 9.17) is 11.6 Å². The van der Waals surface area contributed by atoms with E-state index < -0.39 is 44.0 Å². The summed E-state index contributed by atoms with van der Waals surface area (Å²) in [4.78, 5) is 25.0. The summed E-state index contributed by atoms with van der Waals surface area (Å²) in [6.07, 6.45) is 3.19. The van der Waals surface area contributed by atoms with Crippen molar-refractivity contribution in [2.24, 2.45) is 11.8 Å². The van der Waals surface area contributed by atoms with Crippen LogP contribution in [0.5, 0.6) is 0 Å². The molecule has 1 saturated heterocycles. The second kappa shape index (κ2) is 11.0. The van der Waals surface area contributed by atoms with Crippen LogP contribution in [0, 0.1) is 29.3 Å². The number of carbonyl (C=O) groups excluding carboxylic acids is 2. The van der Waals surface area contributed by atoms with Gasteiger partial charge in [0.05, 0.1) is 26.8 Å². The minimum absolute atomic E-state index is 0.0487. The van der Waals surface area contributed by atoms with Gasteiger partial charge in [0.25, 0.3) is 5.91 Å². The SMILES string of the molecule is O=C(Nc1cc(F)c(F)c(F)c1)c1ccc(Cl)c(S(=O)(=O)C2CC3CC[C@@H](C2)C3(O)CNC(=O)[C@@H]2CCCN2)c1. The molecule has 13 heteroatoms. The van der Waals surface area contributed by atoms with E-state index in [1.165, 1.54) is 12.1 Å². The quantitative estimate of drug-likeness (QED) is 0.361. The number of aliphatic hydroxyl groups is 1. The summed E-state index contributed by atoms with van der Waals surface area (Å²) >= 11 is 6.26. The molecule has 8 nitrogen and oxygen atoms in total. The molecular weight excluding hydrogens is 571 g/mol. The summed E-state index contributed by atoms with van der Waals surface area (Å²) in [5.74, 6) is -6.41. The van der Waals surface area contributed by atoms with E-state index in [9.17, 15) is 36.3 Å². The van der Waals surface area contributed by atoms with Gasteiger partial charge in [0.1, 0.15) is 0 Å². The normalized spacial score (nSPS) is 27.9. The highest BCUT2D eigenvalue weighted by Gasteiger charge is 2.55. The lowest BCUT2D eigenvalue weighted by Crippen LogP contribution is -2.56. The Morgan fingerprint density at radius 3 is 2.30 bits per heavy atom. The number of anilines is 1. The van der Waals surface area contributed by atoms with Gasteiger partial charge in [0.15, 0.2) is 27.3 Å². The van der Waals surface area contributed by atoms with Crippen LogP contribution in [-0.2, 0) is 14.6 Å². The maximum atomic E-state index is 13.7. The van der Waals surface area contributed by atoms with E-state index in [1.807, 2.05) is 0 Å². The third kappa shape index (κ3) is 5.34. The summed E-state index contributed by atoms with van der Waals surface area (Å²) < 4.78 is 67.8. The van der Waals surface area contributed by atoms with Crippen molar-refractivity contribution in [3.8, 4) is 0 Å². The Morgan fingerprint density at radius 2 is 1.70 bits per heavy atom. The average molecular weight is 600 g/mol. The zero-order chi connectivity index (χ0) is 28.8.